The molecule has 0 fully saturated rings. The molecule has 0 atom stereocenters. The first-order valence-electron chi connectivity index (χ1n) is 4.24. The van der Waals surface area contributed by atoms with E-state index in [1.165, 1.54) is 0 Å². The molecule has 0 aliphatic heterocycles. The minimum Gasteiger partial charge on any atom is -0.399 e. The molecule has 1 heterocycles. The van der Waals surface area contributed by atoms with Crippen molar-refractivity contribution in [2.24, 2.45) is 0 Å². The van der Waals surface area contributed by atoms with Crippen LogP contribution in [-0.2, 0) is 0 Å². The smallest absolute Gasteiger partial charge is 0.0819 e. The fourth-order valence-corrected chi connectivity index (χ4v) is 1.37. The Morgan fingerprint density at radius 1 is 1.43 bits per heavy atom. The molecule has 0 aliphatic carbocycles. The highest BCUT2D eigenvalue weighted by molar-refractivity contribution is 6.31. The molecule has 0 bridgehead atoms. The standard InChI is InChI=1S/C10H10ClN3/c1-7-10(11)6-14(13-7)9-4-2-3-8(12)5-9/h2-6H,12H2,1H3. The molecule has 0 saturated carbocycles. The minimum atomic E-state index is 0.660. The van der Waals surface area contributed by atoms with Crippen LogP contribution in [0.15, 0.2) is 30.5 Å². The van der Waals surface area contributed by atoms with Crippen molar-refractivity contribution in [3.63, 3.8) is 0 Å². The van der Waals surface area contributed by atoms with E-state index >= 15 is 0 Å². The van der Waals surface area contributed by atoms with E-state index in [1.807, 2.05) is 31.2 Å². The maximum absolute atomic E-state index is 5.90. The third kappa shape index (κ3) is 1.59. The van der Waals surface area contributed by atoms with Crippen molar-refractivity contribution in [3.05, 3.63) is 41.2 Å². The first kappa shape index (κ1) is 9.09. The molecular formula is C10H10ClN3. The lowest BCUT2D eigenvalue weighted by Gasteiger charge is -2.01. The highest BCUT2D eigenvalue weighted by Gasteiger charge is 2.03. The van der Waals surface area contributed by atoms with Gasteiger partial charge in [0.2, 0.25) is 0 Å². The maximum Gasteiger partial charge on any atom is 0.0819 e. The van der Waals surface area contributed by atoms with E-state index in [2.05, 4.69) is 5.10 Å². The van der Waals surface area contributed by atoms with Crippen LogP contribution in [0, 0.1) is 6.92 Å². The maximum atomic E-state index is 5.90. The number of aromatic nitrogens is 2. The van der Waals surface area contributed by atoms with E-state index in [4.69, 9.17) is 17.3 Å². The number of benzene rings is 1. The van der Waals surface area contributed by atoms with Crippen LogP contribution in [0.3, 0.4) is 0 Å². The van der Waals surface area contributed by atoms with E-state index in [9.17, 15) is 0 Å². The summed E-state index contributed by atoms with van der Waals surface area (Å²) >= 11 is 5.90. The van der Waals surface area contributed by atoms with Crippen molar-refractivity contribution in [2.75, 3.05) is 5.73 Å². The summed E-state index contributed by atoms with van der Waals surface area (Å²) in [5.74, 6) is 0. The van der Waals surface area contributed by atoms with E-state index in [0.29, 0.717) is 10.7 Å². The van der Waals surface area contributed by atoms with Gasteiger partial charge in [-0.2, -0.15) is 5.10 Å². The third-order valence-electron chi connectivity index (χ3n) is 1.97. The van der Waals surface area contributed by atoms with Gasteiger partial charge in [-0.15, -0.1) is 0 Å². The van der Waals surface area contributed by atoms with Crippen LogP contribution in [0.5, 0.6) is 0 Å². The Kier molecular flexibility index (Phi) is 2.17. The van der Waals surface area contributed by atoms with Crippen molar-refractivity contribution in [3.8, 4) is 5.69 Å². The second-order valence-corrected chi connectivity index (χ2v) is 3.51. The third-order valence-corrected chi connectivity index (χ3v) is 2.34. The number of aryl methyl sites for hydroxylation is 1. The number of nitrogens with zero attached hydrogens (tertiary/aromatic N) is 2. The molecule has 14 heavy (non-hydrogen) atoms. The van der Waals surface area contributed by atoms with Crippen molar-refractivity contribution in [1.82, 2.24) is 9.78 Å². The van der Waals surface area contributed by atoms with Crippen LogP contribution in [0.4, 0.5) is 5.69 Å². The fourth-order valence-electron chi connectivity index (χ4n) is 1.24. The van der Waals surface area contributed by atoms with Gasteiger partial charge in [0.1, 0.15) is 0 Å². The summed E-state index contributed by atoms with van der Waals surface area (Å²) in [5, 5.41) is 4.91. The molecule has 72 valence electrons. The zero-order chi connectivity index (χ0) is 10.1. The Morgan fingerprint density at radius 3 is 2.79 bits per heavy atom. The van der Waals surface area contributed by atoms with Crippen LogP contribution in [0.25, 0.3) is 5.69 Å². The number of rotatable bonds is 1. The number of halogens is 1. The lowest BCUT2D eigenvalue weighted by Crippen LogP contribution is -1.96. The Balaban J connectivity index is 2.49. The van der Waals surface area contributed by atoms with Gasteiger partial charge < -0.3 is 5.73 Å². The first-order chi connectivity index (χ1) is 6.66. The number of nitrogen functional groups attached to an aromatic ring is 1. The first-order valence-corrected chi connectivity index (χ1v) is 4.62. The Labute approximate surface area is 87.1 Å². The average molecular weight is 208 g/mol. The van der Waals surface area contributed by atoms with Crippen LogP contribution in [-0.4, -0.2) is 9.78 Å². The van der Waals surface area contributed by atoms with Crippen LogP contribution in [0.1, 0.15) is 5.69 Å². The predicted molar refractivity (Wildman–Crippen MR) is 57.7 cm³/mol. The molecule has 2 N–H and O–H groups in total. The van der Waals surface area contributed by atoms with Crippen LogP contribution in [0.2, 0.25) is 5.02 Å². The number of anilines is 1. The van der Waals surface area contributed by atoms with E-state index in [1.54, 1.807) is 10.9 Å². The predicted octanol–water partition coefficient (Wildman–Crippen LogP) is 2.42. The summed E-state index contributed by atoms with van der Waals surface area (Å²) in [6.45, 7) is 1.87. The lowest BCUT2D eigenvalue weighted by molar-refractivity contribution is 0.863. The van der Waals surface area contributed by atoms with Gasteiger partial charge in [-0.05, 0) is 25.1 Å². The fraction of sp³-hybridized carbons (Fsp3) is 0.100. The zero-order valence-electron chi connectivity index (χ0n) is 7.74. The Morgan fingerprint density at radius 2 is 2.21 bits per heavy atom. The topological polar surface area (TPSA) is 43.8 Å². The molecule has 3 nitrogen and oxygen atoms in total. The number of hydrogen-bond acceptors (Lipinski definition) is 2. The average Bonchev–Trinajstić information content (AvgIpc) is 2.47. The molecule has 0 spiro atoms. The second-order valence-electron chi connectivity index (χ2n) is 3.10. The zero-order valence-corrected chi connectivity index (χ0v) is 8.49. The van der Waals surface area contributed by atoms with Gasteiger partial charge in [-0.1, -0.05) is 17.7 Å². The normalized spacial score (nSPS) is 10.4. The van der Waals surface area contributed by atoms with Crippen molar-refractivity contribution in [2.45, 2.75) is 6.92 Å². The molecule has 0 aliphatic rings. The molecule has 2 aromatic rings. The van der Waals surface area contributed by atoms with Gasteiger partial charge in [0.05, 0.1) is 16.4 Å². The van der Waals surface area contributed by atoms with Gasteiger partial charge in [-0.3, -0.25) is 0 Å². The van der Waals surface area contributed by atoms with Crippen molar-refractivity contribution < 1.29 is 0 Å². The van der Waals surface area contributed by atoms with Crippen LogP contribution >= 0.6 is 11.6 Å². The molecule has 4 heteroatoms. The van der Waals surface area contributed by atoms with Gasteiger partial charge in [0.15, 0.2) is 0 Å². The van der Waals surface area contributed by atoms with Crippen molar-refractivity contribution >= 4 is 17.3 Å². The Bertz CT molecular complexity index is 443. The quantitative estimate of drug-likeness (QED) is 0.730. The molecule has 2 rings (SSSR count). The second kappa shape index (κ2) is 3.35. The molecular weight excluding hydrogens is 198 g/mol. The molecule has 0 saturated heterocycles. The van der Waals surface area contributed by atoms with E-state index < -0.39 is 0 Å². The SMILES string of the molecule is Cc1nn(-c2cccc(N)c2)cc1Cl. The summed E-state index contributed by atoms with van der Waals surface area (Å²) in [7, 11) is 0. The molecule has 0 amide bonds. The molecule has 0 unspecified atom stereocenters. The summed E-state index contributed by atoms with van der Waals surface area (Å²) < 4.78 is 1.72. The molecule has 1 aromatic heterocycles. The molecule has 1 aromatic carbocycles. The number of hydrogen-bond donors (Lipinski definition) is 1. The van der Waals surface area contributed by atoms with E-state index in [-0.39, 0.29) is 0 Å². The largest absolute Gasteiger partial charge is 0.399 e. The highest BCUT2D eigenvalue weighted by atomic mass is 35.5. The van der Waals surface area contributed by atoms with Crippen molar-refractivity contribution in [1.29, 1.82) is 0 Å². The van der Waals surface area contributed by atoms with Gasteiger partial charge >= 0.3 is 0 Å². The van der Waals surface area contributed by atoms with Crippen LogP contribution < -0.4 is 5.73 Å². The highest BCUT2D eigenvalue weighted by Crippen LogP contribution is 2.17. The summed E-state index contributed by atoms with van der Waals surface area (Å²) in [4.78, 5) is 0. The number of nitrogens with two attached hydrogens (primary N) is 1. The van der Waals surface area contributed by atoms with Gasteiger partial charge in [0, 0.05) is 11.9 Å². The minimum absolute atomic E-state index is 0.660. The summed E-state index contributed by atoms with van der Waals surface area (Å²) in [6.07, 6.45) is 1.77. The molecule has 0 radical (unpaired) electrons. The Hall–Kier alpha value is -1.48. The summed E-state index contributed by atoms with van der Waals surface area (Å²) in [6, 6.07) is 7.50. The van der Waals surface area contributed by atoms with Gasteiger partial charge in [-0.25, -0.2) is 4.68 Å². The monoisotopic (exact) mass is 207 g/mol. The van der Waals surface area contributed by atoms with Gasteiger partial charge in [0.25, 0.3) is 0 Å². The van der Waals surface area contributed by atoms with E-state index in [0.717, 1.165) is 11.4 Å². The summed E-state index contributed by atoms with van der Waals surface area (Å²) in [5.41, 5.74) is 8.11. The lowest BCUT2D eigenvalue weighted by atomic mass is 10.3.